The number of aromatic amines is 1. The molecule has 0 aromatic carbocycles. The molecule has 96 valence electrons. The Morgan fingerprint density at radius 2 is 1.78 bits per heavy atom. The van der Waals surface area contributed by atoms with Crippen LogP contribution in [0.5, 0.6) is 0 Å². The summed E-state index contributed by atoms with van der Waals surface area (Å²) in [7, 11) is 0. The minimum absolute atomic E-state index is 0.239. The van der Waals surface area contributed by atoms with Gasteiger partial charge in [-0.05, 0) is 0 Å². The van der Waals surface area contributed by atoms with Crippen molar-refractivity contribution in [2.24, 2.45) is 0 Å². The third-order valence-corrected chi connectivity index (χ3v) is 1.83. The molecular weight excluding hydrogens is 246 g/mol. The smallest absolute Gasteiger partial charge is 0.323 e. The van der Waals surface area contributed by atoms with Gasteiger partial charge in [0.1, 0.15) is 18.8 Å². The molecule has 1 aromatic heterocycles. The van der Waals surface area contributed by atoms with E-state index in [0.29, 0.717) is 4.90 Å². The van der Waals surface area contributed by atoms with Crippen molar-refractivity contribution in [2.45, 2.75) is 0 Å². The van der Waals surface area contributed by atoms with Crippen LogP contribution in [-0.4, -0.2) is 56.0 Å². The molecule has 1 aromatic rings. The molecule has 0 fully saturated rings. The van der Waals surface area contributed by atoms with Gasteiger partial charge in [0.05, 0.1) is 6.20 Å². The fourth-order valence-electron chi connectivity index (χ4n) is 1.15. The van der Waals surface area contributed by atoms with Crippen LogP contribution in [0.25, 0.3) is 0 Å². The number of hydrogen-bond acceptors (Lipinski definition) is 5. The molecule has 0 spiro atoms. The van der Waals surface area contributed by atoms with E-state index in [4.69, 9.17) is 10.2 Å². The molecule has 1 amide bonds. The third kappa shape index (κ3) is 3.70. The van der Waals surface area contributed by atoms with Gasteiger partial charge in [-0.2, -0.15) is 0 Å². The first-order chi connectivity index (χ1) is 8.40. The normalized spacial score (nSPS) is 9.78. The minimum atomic E-state index is -1.35. The van der Waals surface area contributed by atoms with Gasteiger partial charge in [0.15, 0.2) is 0 Å². The monoisotopic (exact) mass is 255 g/mol. The summed E-state index contributed by atoms with van der Waals surface area (Å²) in [4.78, 5) is 49.8. The number of carboxylic acid groups (broad SMARTS) is 2. The number of amides is 1. The molecule has 0 bridgehead atoms. The van der Waals surface area contributed by atoms with E-state index in [1.807, 2.05) is 0 Å². The molecule has 0 aliphatic carbocycles. The molecule has 3 N–H and O–H groups in total. The van der Waals surface area contributed by atoms with E-state index >= 15 is 0 Å². The number of aliphatic carboxylic acids is 2. The van der Waals surface area contributed by atoms with Crippen LogP contribution in [0.2, 0.25) is 0 Å². The fourth-order valence-corrected chi connectivity index (χ4v) is 1.15. The van der Waals surface area contributed by atoms with Crippen molar-refractivity contribution in [1.82, 2.24) is 14.9 Å². The van der Waals surface area contributed by atoms with Crippen LogP contribution in [0.3, 0.4) is 0 Å². The molecule has 9 heteroatoms. The highest BCUT2D eigenvalue weighted by atomic mass is 16.4. The van der Waals surface area contributed by atoms with Crippen LogP contribution in [0.15, 0.2) is 17.2 Å². The van der Waals surface area contributed by atoms with Crippen LogP contribution in [0.1, 0.15) is 10.5 Å². The second-order valence-electron chi connectivity index (χ2n) is 3.25. The molecule has 0 saturated carbocycles. The van der Waals surface area contributed by atoms with Crippen molar-refractivity contribution in [2.75, 3.05) is 13.1 Å². The molecule has 0 aliphatic rings. The molecule has 0 unspecified atom stereocenters. The zero-order valence-electron chi connectivity index (χ0n) is 8.99. The Bertz CT molecular complexity index is 501. The lowest BCUT2D eigenvalue weighted by molar-refractivity contribution is -0.140. The van der Waals surface area contributed by atoms with Crippen molar-refractivity contribution >= 4 is 17.8 Å². The highest BCUT2D eigenvalue weighted by molar-refractivity contribution is 5.95. The molecule has 0 aliphatic heterocycles. The highest BCUT2D eigenvalue weighted by Gasteiger charge is 2.22. The lowest BCUT2D eigenvalue weighted by atomic mass is 10.3. The van der Waals surface area contributed by atoms with Gasteiger partial charge in [-0.3, -0.25) is 19.2 Å². The Morgan fingerprint density at radius 1 is 1.22 bits per heavy atom. The number of carbonyl (C=O) groups excluding carboxylic acids is 1. The largest absolute Gasteiger partial charge is 0.480 e. The van der Waals surface area contributed by atoms with E-state index < -0.39 is 36.5 Å². The second-order valence-corrected chi connectivity index (χ2v) is 3.25. The summed E-state index contributed by atoms with van der Waals surface area (Å²) in [5, 5.41) is 17.1. The Morgan fingerprint density at radius 3 is 2.17 bits per heavy atom. The summed E-state index contributed by atoms with van der Waals surface area (Å²) in [6, 6.07) is 0. The summed E-state index contributed by atoms with van der Waals surface area (Å²) in [6.45, 7) is -1.54. The molecule has 9 nitrogen and oxygen atoms in total. The number of rotatable bonds is 5. The van der Waals surface area contributed by atoms with Crippen LogP contribution in [0, 0.1) is 0 Å². The number of H-pyrrole nitrogens is 1. The zero-order valence-corrected chi connectivity index (χ0v) is 8.99. The highest BCUT2D eigenvalue weighted by Crippen LogP contribution is 1.99. The first-order valence-electron chi connectivity index (χ1n) is 4.67. The Hall–Kier alpha value is -2.71. The van der Waals surface area contributed by atoms with Gasteiger partial charge in [-0.15, -0.1) is 0 Å². The Labute approximate surface area is 99.7 Å². The number of nitrogens with one attached hydrogen (secondary N) is 1. The van der Waals surface area contributed by atoms with Gasteiger partial charge in [0.2, 0.25) is 0 Å². The van der Waals surface area contributed by atoms with Crippen LogP contribution < -0.4 is 5.56 Å². The summed E-state index contributed by atoms with van der Waals surface area (Å²) < 4.78 is 0. The topological polar surface area (TPSA) is 141 Å². The lowest BCUT2D eigenvalue weighted by Crippen LogP contribution is -2.40. The van der Waals surface area contributed by atoms with Crippen molar-refractivity contribution in [3.05, 3.63) is 28.4 Å². The average molecular weight is 255 g/mol. The summed E-state index contributed by atoms with van der Waals surface area (Å²) in [5.74, 6) is -3.60. The lowest BCUT2D eigenvalue weighted by Gasteiger charge is -2.17. The molecule has 0 saturated heterocycles. The van der Waals surface area contributed by atoms with Crippen molar-refractivity contribution < 1.29 is 24.6 Å². The van der Waals surface area contributed by atoms with Gasteiger partial charge in [-0.25, -0.2) is 4.98 Å². The number of aromatic nitrogens is 2. The first kappa shape index (κ1) is 13.4. The number of hydrogen-bond donors (Lipinski definition) is 3. The van der Waals surface area contributed by atoms with Crippen molar-refractivity contribution in [3.8, 4) is 0 Å². The second kappa shape index (κ2) is 5.57. The average Bonchev–Trinajstić information content (AvgIpc) is 2.27. The van der Waals surface area contributed by atoms with Gasteiger partial charge in [0, 0.05) is 6.20 Å². The van der Waals surface area contributed by atoms with Gasteiger partial charge < -0.3 is 20.1 Å². The van der Waals surface area contributed by atoms with Crippen molar-refractivity contribution in [1.29, 1.82) is 0 Å². The predicted molar refractivity (Wildman–Crippen MR) is 56.0 cm³/mol. The van der Waals surface area contributed by atoms with E-state index in [-0.39, 0.29) is 5.69 Å². The maximum Gasteiger partial charge on any atom is 0.323 e. The molecule has 1 rings (SSSR count). The van der Waals surface area contributed by atoms with Crippen LogP contribution >= 0.6 is 0 Å². The molecule has 0 radical (unpaired) electrons. The van der Waals surface area contributed by atoms with E-state index in [1.54, 1.807) is 0 Å². The summed E-state index contributed by atoms with van der Waals surface area (Å²) >= 11 is 0. The predicted octanol–water partition coefficient (Wildman–Crippen LogP) is -1.62. The zero-order chi connectivity index (χ0) is 13.7. The van der Waals surface area contributed by atoms with Gasteiger partial charge >= 0.3 is 11.9 Å². The standard InChI is InChI=1S/C9H9N3O6/c13-6-2-10-5(1-11-6)9(18)12(3-7(14)15)4-8(16)17/h1-2H,3-4H2,(H,11,13)(H,14,15)(H,16,17). The summed E-state index contributed by atoms with van der Waals surface area (Å²) in [5.41, 5.74) is -0.772. The Kier molecular flexibility index (Phi) is 4.13. The quantitative estimate of drug-likeness (QED) is 0.574. The Balaban J connectivity index is 2.93. The molecule has 1 heterocycles. The molecule has 18 heavy (non-hydrogen) atoms. The molecular formula is C9H9N3O6. The van der Waals surface area contributed by atoms with E-state index in [0.717, 1.165) is 12.4 Å². The molecule has 0 atom stereocenters. The summed E-state index contributed by atoms with van der Waals surface area (Å²) in [6.07, 6.45) is 1.83. The number of carbonyl (C=O) groups is 3. The van der Waals surface area contributed by atoms with Gasteiger partial charge in [-0.1, -0.05) is 0 Å². The van der Waals surface area contributed by atoms with E-state index in [2.05, 4.69) is 9.97 Å². The minimum Gasteiger partial charge on any atom is -0.480 e. The van der Waals surface area contributed by atoms with E-state index in [9.17, 15) is 19.2 Å². The third-order valence-electron chi connectivity index (χ3n) is 1.83. The van der Waals surface area contributed by atoms with Gasteiger partial charge in [0.25, 0.3) is 11.5 Å². The van der Waals surface area contributed by atoms with Crippen molar-refractivity contribution in [3.63, 3.8) is 0 Å². The van der Waals surface area contributed by atoms with E-state index in [1.165, 1.54) is 0 Å². The first-order valence-corrected chi connectivity index (χ1v) is 4.67. The number of carboxylic acids is 2. The SMILES string of the molecule is O=C(O)CN(CC(=O)O)C(=O)c1c[nH]c(=O)cn1. The maximum atomic E-state index is 11.7. The fraction of sp³-hybridized carbons (Fsp3) is 0.222. The van der Waals surface area contributed by atoms with Crippen LogP contribution in [-0.2, 0) is 9.59 Å². The maximum absolute atomic E-state index is 11.7. The van der Waals surface area contributed by atoms with Crippen LogP contribution in [0.4, 0.5) is 0 Å². The number of nitrogens with zero attached hydrogens (tertiary/aromatic N) is 2.